The van der Waals surface area contributed by atoms with Crippen LogP contribution in [0.3, 0.4) is 0 Å². The van der Waals surface area contributed by atoms with Crippen LogP contribution in [0.25, 0.3) is 0 Å². The standard InChI is InChI=1S/C14H24O2/c1-9(2)12(15)16-11-8-10-6-7-14(11,5)13(10,3)4/h9-11H,6-8H2,1-5H3. The van der Waals surface area contributed by atoms with E-state index in [1.807, 2.05) is 13.8 Å². The smallest absolute Gasteiger partial charge is 0.308 e. The molecule has 2 bridgehead atoms. The average Bonchev–Trinajstić information content (AvgIpc) is 2.50. The first-order valence-corrected chi connectivity index (χ1v) is 6.49. The van der Waals surface area contributed by atoms with Gasteiger partial charge in [-0.1, -0.05) is 34.6 Å². The maximum atomic E-state index is 11.7. The van der Waals surface area contributed by atoms with Gasteiger partial charge in [0.15, 0.2) is 0 Å². The molecule has 0 amide bonds. The van der Waals surface area contributed by atoms with E-state index in [4.69, 9.17) is 4.74 Å². The van der Waals surface area contributed by atoms with Gasteiger partial charge in [-0.25, -0.2) is 0 Å². The van der Waals surface area contributed by atoms with E-state index in [-0.39, 0.29) is 23.4 Å². The predicted octanol–water partition coefficient (Wildman–Crippen LogP) is 3.40. The largest absolute Gasteiger partial charge is 0.462 e. The Balaban J connectivity index is 2.13. The summed E-state index contributed by atoms with van der Waals surface area (Å²) in [6.45, 7) is 10.8. The van der Waals surface area contributed by atoms with E-state index in [0.29, 0.717) is 5.41 Å². The minimum atomic E-state index is -0.0328. The maximum absolute atomic E-state index is 11.7. The molecule has 16 heavy (non-hydrogen) atoms. The van der Waals surface area contributed by atoms with Gasteiger partial charge in [0.25, 0.3) is 0 Å². The summed E-state index contributed by atoms with van der Waals surface area (Å²) >= 11 is 0. The van der Waals surface area contributed by atoms with Crippen molar-refractivity contribution in [2.45, 2.75) is 60.0 Å². The fourth-order valence-electron chi connectivity index (χ4n) is 3.58. The third-order valence-electron chi connectivity index (χ3n) is 5.44. The van der Waals surface area contributed by atoms with Gasteiger partial charge in [0, 0.05) is 5.41 Å². The fraction of sp³-hybridized carbons (Fsp3) is 0.929. The molecular formula is C14H24O2. The Kier molecular flexibility index (Phi) is 2.60. The van der Waals surface area contributed by atoms with Crippen LogP contribution < -0.4 is 0 Å². The molecule has 0 N–H and O–H groups in total. The van der Waals surface area contributed by atoms with Crippen LogP contribution in [0.2, 0.25) is 0 Å². The molecule has 0 radical (unpaired) electrons. The van der Waals surface area contributed by atoms with Gasteiger partial charge in [0.05, 0.1) is 5.92 Å². The normalized spacial score (nSPS) is 40.4. The number of hydrogen-bond donors (Lipinski definition) is 0. The van der Waals surface area contributed by atoms with E-state index in [2.05, 4.69) is 20.8 Å². The molecule has 2 fully saturated rings. The molecule has 0 heterocycles. The van der Waals surface area contributed by atoms with Crippen molar-refractivity contribution in [1.82, 2.24) is 0 Å². The van der Waals surface area contributed by atoms with Crippen LogP contribution in [0.15, 0.2) is 0 Å². The molecule has 0 aliphatic heterocycles. The lowest BCUT2D eigenvalue weighted by Crippen LogP contribution is -2.39. The van der Waals surface area contributed by atoms with Crippen LogP contribution in [0.5, 0.6) is 0 Å². The third-order valence-corrected chi connectivity index (χ3v) is 5.44. The molecule has 0 spiro atoms. The van der Waals surface area contributed by atoms with Crippen LogP contribution in [0.1, 0.15) is 53.9 Å². The first-order chi connectivity index (χ1) is 7.29. The number of carbonyl (C=O) groups excluding carboxylic acids is 1. The summed E-state index contributed by atoms with van der Waals surface area (Å²) in [7, 11) is 0. The summed E-state index contributed by atoms with van der Waals surface area (Å²) in [6.07, 6.45) is 3.73. The van der Waals surface area contributed by atoms with Crippen LogP contribution in [-0.4, -0.2) is 12.1 Å². The highest BCUT2D eigenvalue weighted by Gasteiger charge is 2.62. The first-order valence-electron chi connectivity index (χ1n) is 6.49. The Bertz CT molecular complexity index is 306. The second-order valence-electron chi connectivity index (χ2n) is 6.69. The summed E-state index contributed by atoms with van der Waals surface area (Å²) in [5.41, 5.74) is 0.525. The van der Waals surface area contributed by atoms with Crippen molar-refractivity contribution >= 4 is 5.97 Å². The molecular weight excluding hydrogens is 200 g/mol. The number of ether oxygens (including phenoxy) is 1. The Labute approximate surface area is 98.7 Å². The zero-order valence-electron chi connectivity index (χ0n) is 11.2. The van der Waals surface area contributed by atoms with Crippen molar-refractivity contribution in [1.29, 1.82) is 0 Å². The van der Waals surface area contributed by atoms with E-state index in [9.17, 15) is 4.79 Å². The van der Waals surface area contributed by atoms with Gasteiger partial charge >= 0.3 is 5.97 Å². The number of esters is 1. The Morgan fingerprint density at radius 2 is 1.94 bits per heavy atom. The highest BCUT2D eigenvalue weighted by atomic mass is 16.5. The van der Waals surface area contributed by atoms with Gasteiger partial charge in [0.2, 0.25) is 0 Å². The van der Waals surface area contributed by atoms with Crippen molar-refractivity contribution in [3.05, 3.63) is 0 Å². The van der Waals surface area contributed by atoms with Crippen molar-refractivity contribution in [2.24, 2.45) is 22.7 Å². The van der Waals surface area contributed by atoms with Gasteiger partial charge in [-0.05, 0) is 30.6 Å². The van der Waals surface area contributed by atoms with Crippen molar-refractivity contribution in [3.8, 4) is 0 Å². The maximum Gasteiger partial charge on any atom is 0.308 e. The molecule has 2 heteroatoms. The van der Waals surface area contributed by atoms with E-state index in [0.717, 1.165) is 12.3 Å². The molecule has 2 rings (SSSR count). The fourth-order valence-corrected chi connectivity index (χ4v) is 3.58. The Morgan fingerprint density at radius 1 is 1.31 bits per heavy atom. The van der Waals surface area contributed by atoms with Crippen LogP contribution in [0, 0.1) is 22.7 Å². The second-order valence-corrected chi connectivity index (χ2v) is 6.69. The summed E-state index contributed by atoms with van der Waals surface area (Å²) in [6, 6.07) is 0. The second kappa shape index (κ2) is 3.48. The summed E-state index contributed by atoms with van der Waals surface area (Å²) < 4.78 is 5.71. The van der Waals surface area contributed by atoms with Crippen molar-refractivity contribution in [2.75, 3.05) is 0 Å². The predicted molar refractivity (Wildman–Crippen MR) is 63.9 cm³/mol. The van der Waals surface area contributed by atoms with E-state index < -0.39 is 0 Å². The molecule has 2 aliphatic rings. The zero-order chi connectivity index (χ0) is 12.1. The molecule has 2 nitrogen and oxygen atoms in total. The lowest BCUT2D eigenvalue weighted by molar-refractivity contribution is -0.160. The van der Waals surface area contributed by atoms with Crippen molar-refractivity contribution < 1.29 is 9.53 Å². The molecule has 2 saturated carbocycles. The molecule has 92 valence electrons. The summed E-state index contributed by atoms with van der Waals surface area (Å²) in [4.78, 5) is 11.7. The lowest BCUT2D eigenvalue weighted by atomic mass is 9.70. The quantitative estimate of drug-likeness (QED) is 0.672. The molecule has 3 unspecified atom stereocenters. The molecule has 0 aromatic rings. The summed E-state index contributed by atoms with van der Waals surface area (Å²) in [5, 5.41) is 0. The molecule has 2 aliphatic carbocycles. The van der Waals surface area contributed by atoms with E-state index in [1.54, 1.807) is 0 Å². The van der Waals surface area contributed by atoms with E-state index in [1.165, 1.54) is 12.8 Å². The topological polar surface area (TPSA) is 26.3 Å². The Hall–Kier alpha value is -0.530. The Morgan fingerprint density at radius 3 is 2.31 bits per heavy atom. The average molecular weight is 224 g/mol. The van der Waals surface area contributed by atoms with Crippen LogP contribution >= 0.6 is 0 Å². The minimum Gasteiger partial charge on any atom is -0.462 e. The van der Waals surface area contributed by atoms with Gasteiger partial charge < -0.3 is 4.74 Å². The van der Waals surface area contributed by atoms with Gasteiger partial charge in [-0.3, -0.25) is 4.79 Å². The van der Waals surface area contributed by atoms with Gasteiger partial charge in [-0.2, -0.15) is 0 Å². The monoisotopic (exact) mass is 224 g/mol. The number of hydrogen-bond acceptors (Lipinski definition) is 2. The highest BCUT2D eigenvalue weighted by Crippen LogP contribution is 2.66. The molecule has 0 aromatic carbocycles. The van der Waals surface area contributed by atoms with Crippen LogP contribution in [-0.2, 0) is 9.53 Å². The number of rotatable bonds is 2. The minimum absolute atomic E-state index is 0.00848. The zero-order valence-corrected chi connectivity index (χ0v) is 11.2. The van der Waals surface area contributed by atoms with Gasteiger partial charge in [-0.15, -0.1) is 0 Å². The SMILES string of the molecule is CC(C)C(=O)OC1CC2CCC1(C)C2(C)C. The van der Waals surface area contributed by atoms with Gasteiger partial charge in [0.1, 0.15) is 6.10 Å². The molecule has 3 atom stereocenters. The van der Waals surface area contributed by atoms with E-state index >= 15 is 0 Å². The number of fused-ring (bicyclic) bond motifs is 2. The number of carbonyl (C=O) groups is 1. The molecule has 0 aromatic heterocycles. The molecule has 0 saturated heterocycles. The van der Waals surface area contributed by atoms with Crippen LogP contribution in [0.4, 0.5) is 0 Å². The highest BCUT2D eigenvalue weighted by molar-refractivity contribution is 5.71. The summed E-state index contributed by atoms with van der Waals surface area (Å²) in [5.74, 6) is 0.697. The lowest BCUT2D eigenvalue weighted by Gasteiger charge is -2.38. The third kappa shape index (κ3) is 1.42. The van der Waals surface area contributed by atoms with Crippen molar-refractivity contribution in [3.63, 3.8) is 0 Å². The first kappa shape index (κ1) is 11.9.